The van der Waals surface area contributed by atoms with Crippen LogP contribution in [0.4, 0.5) is 5.69 Å². The summed E-state index contributed by atoms with van der Waals surface area (Å²) >= 11 is 0. The number of hydrogen-bond acceptors (Lipinski definition) is 4. The van der Waals surface area contributed by atoms with E-state index in [0.717, 1.165) is 12.0 Å². The highest BCUT2D eigenvalue weighted by molar-refractivity contribution is 6.00. The molecule has 0 fully saturated rings. The third kappa shape index (κ3) is 5.84. The van der Waals surface area contributed by atoms with Crippen molar-refractivity contribution in [1.29, 1.82) is 0 Å². The number of ether oxygens (including phenoxy) is 1. The first-order valence-electron chi connectivity index (χ1n) is 8.66. The maximum atomic E-state index is 12.1. The molecule has 1 amide bonds. The first-order valence-corrected chi connectivity index (χ1v) is 8.66. The number of rotatable bonds is 8. The number of benzene rings is 2. The van der Waals surface area contributed by atoms with E-state index in [-0.39, 0.29) is 30.5 Å². The highest BCUT2D eigenvalue weighted by Crippen LogP contribution is 2.12. The van der Waals surface area contributed by atoms with Gasteiger partial charge >= 0.3 is 5.97 Å². The van der Waals surface area contributed by atoms with Crippen molar-refractivity contribution in [3.8, 4) is 0 Å². The molecule has 0 saturated heterocycles. The smallest absolute Gasteiger partial charge is 0.338 e. The zero-order valence-corrected chi connectivity index (χ0v) is 15.1. The number of nitrogens with one attached hydrogen (secondary N) is 1. The van der Waals surface area contributed by atoms with E-state index in [2.05, 4.69) is 5.32 Å². The molecule has 136 valence electrons. The number of Topliss-reactive ketones (excluding diaryl/α,β-unsaturated/α-hetero) is 1. The first kappa shape index (κ1) is 19.4. The number of ketones is 1. The summed E-state index contributed by atoms with van der Waals surface area (Å²) in [6.07, 6.45) is 1.02. The van der Waals surface area contributed by atoms with Crippen molar-refractivity contribution in [2.45, 2.75) is 33.1 Å². The van der Waals surface area contributed by atoms with E-state index < -0.39 is 0 Å². The molecule has 1 N–H and O–H groups in total. The maximum Gasteiger partial charge on any atom is 0.338 e. The second-order valence-electron chi connectivity index (χ2n) is 6.05. The molecule has 2 aromatic rings. The van der Waals surface area contributed by atoms with Gasteiger partial charge in [-0.05, 0) is 37.6 Å². The summed E-state index contributed by atoms with van der Waals surface area (Å²) in [7, 11) is 0. The van der Waals surface area contributed by atoms with Crippen LogP contribution in [0.3, 0.4) is 0 Å². The Morgan fingerprint density at radius 3 is 2.12 bits per heavy atom. The van der Waals surface area contributed by atoms with Crippen LogP contribution in [0.2, 0.25) is 0 Å². The van der Waals surface area contributed by atoms with Crippen LogP contribution in [0, 0.1) is 6.92 Å². The second-order valence-corrected chi connectivity index (χ2v) is 6.05. The summed E-state index contributed by atoms with van der Waals surface area (Å²) in [5.41, 5.74) is 2.70. The van der Waals surface area contributed by atoms with E-state index >= 15 is 0 Å². The fourth-order valence-electron chi connectivity index (χ4n) is 2.30. The average molecular weight is 353 g/mol. The van der Waals surface area contributed by atoms with Crippen LogP contribution in [0.5, 0.6) is 0 Å². The van der Waals surface area contributed by atoms with E-state index in [0.29, 0.717) is 23.4 Å². The number of hydrogen-bond donors (Lipinski definition) is 1. The van der Waals surface area contributed by atoms with Gasteiger partial charge in [-0.3, -0.25) is 9.59 Å². The molecule has 0 heterocycles. The van der Waals surface area contributed by atoms with Crippen LogP contribution in [0.1, 0.15) is 52.5 Å². The van der Waals surface area contributed by atoms with Crippen molar-refractivity contribution < 1.29 is 19.1 Å². The molecular formula is C21H23NO4. The largest absolute Gasteiger partial charge is 0.462 e. The number of carbonyl (C=O) groups excluding carboxylic acids is 3. The van der Waals surface area contributed by atoms with Crippen LogP contribution in [-0.2, 0) is 9.53 Å². The minimum absolute atomic E-state index is 0.0610. The van der Waals surface area contributed by atoms with E-state index in [1.54, 1.807) is 36.4 Å². The van der Waals surface area contributed by atoms with Crippen molar-refractivity contribution in [2.24, 2.45) is 0 Å². The maximum absolute atomic E-state index is 12.1. The Hall–Kier alpha value is -2.95. The number of esters is 1. The summed E-state index contributed by atoms with van der Waals surface area (Å²) in [6, 6.07) is 13.8. The molecule has 5 nitrogen and oxygen atoms in total. The standard InChI is InChI=1S/C21H23NO4/c1-3-14-26-21(25)17-8-10-18(11-9-17)22-20(24)13-12-19(23)16-6-4-15(2)5-7-16/h4-11H,3,12-14H2,1-2H3,(H,22,24). The van der Waals surface area contributed by atoms with Crippen LogP contribution < -0.4 is 5.32 Å². The number of carbonyl (C=O) groups is 3. The van der Waals surface area contributed by atoms with Gasteiger partial charge in [-0.15, -0.1) is 0 Å². The minimum Gasteiger partial charge on any atom is -0.462 e. The Morgan fingerprint density at radius 1 is 0.885 bits per heavy atom. The molecular weight excluding hydrogens is 330 g/mol. The van der Waals surface area contributed by atoms with Gasteiger partial charge in [0.25, 0.3) is 0 Å². The molecule has 0 aliphatic carbocycles. The zero-order valence-electron chi connectivity index (χ0n) is 15.1. The average Bonchev–Trinajstić information content (AvgIpc) is 2.65. The lowest BCUT2D eigenvalue weighted by atomic mass is 10.0. The van der Waals surface area contributed by atoms with Crippen LogP contribution >= 0.6 is 0 Å². The van der Waals surface area contributed by atoms with Crippen LogP contribution in [-0.4, -0.2) is 24.3 Å². The SMILES string of the molecule is CCCOC(=O)c1ccc(NC(=O)CCC(=O)c2ccc(C)cc2)cc1. The Bertz CT molecular complexity index is 764. The lowest BCUT2D eigenvalue weighted by Crippen LogP contribution is -2.13. The van der Waals surface area contributed by atoms with Gasteiger partial charge < -0.3 is 10.1 Å². The number of amides is 1. The molecule has 0 radical (unpaired) electrons. The summed E-state index contributed by atoms with van der Waals surface area (Å²) in [4.78, 5) is 35.8. The predicted molar refractivity (Wildman–Crippen MR) is 100 cm³/mol. The normalized spacial score (nSPS) is 10.2. The van der Waals surface area contributed by atoms with Crippen molar-refractivity contribution >= 4 is 23.3 Å². The summed E-state index contributed by atoms with van der Waals surface area (Å²) in [5, 5.41) is 2.72. The Morgan fingerprint density at radius 2 is 1.50 bits per heavy atom. The van der Waals surface area contributed by atoms with Gasteiger partial charge in [0.15, 0.2) is 5.78 Å². The predicted octanol–water partition coefficient (Wildman–Crippen LogP) is 4.16. The molecule has 0 aliphatic heterocycles. The molecule has 0 spiro atoms. The number of anilines is 1. The van der Waals surface area contributed by atoms with Crippen LogP contribution in [0.25, 0.3) is 0 Å². The Kier molecular flexibility index (Phi) is 7.09. The van der Waals surface area contributed by atoms with Gasteiger partial charge in [0.1, 0.15) is 0 Å². The monoisotopic (exact) mass is 353 g/mol. The van der Waals surface area contributed by atoms with Crippen molar-refractivity contribution in [1.82, 2.24) is 0 Å². The summed E-state index contributed by atoms with van der Waals surface area (Å²) in [5.74, 6) is -0.686. The lowest BCUT2D eigenvalue weighted by Gasteiger charge is -2.07. The Balaban J connectivity index is 1.82. The molecule has 0 unspecified atom stereocenters. The molecule has 5 heteroatoms. The molecule has 0 atom stereocenters. The van der Waals surface area contributed by atoms with Crippen molar-refractivity contribution in [3.63, 3.8) is 0 Å². The van der Waals surface area contributed by atoms with Gasteiger partial charge in [-0.25, -0.2) is 4.79 Å². The summed E-state index contributed by atoms with van der Waals surface area (Å²) < 4.78 is 5.05. The van der Waals surface area contributed by atoms with Gasteiger partial charge in [0.2, 0.25) is 5.91 Å². The van der Waals surface area contributed by atoms with Gasteiger partial charge in [-0.2, -0.15) is 0 Å². The van der Waals surface area contributed by atoms with Crippen molar-refractivity contribution in [2.75, 3.05) is 11.9 Å². The highest BCUT2D eigenvalue weighted by Gasteiger charge is 2.10. The van der Waals surface area contributed by atoms with Gasteiger partial charge in [0, 0.05) is 24.1 Å². The molecule has 0 saturated carbocycles. The third-order valence-electron chi connectivity index (χ3n) is 3.79. The second kappa shape index (κ2) is 9.51. The van der Waals surface area contributed by atoms with E-state index in [1.165, 1.54) is 0 Å². The molecule has 0 aliphatic rings. The first-order chi connectivity index (χ1) is 12.5. The fourth-order valence-corrected chi connectivity index (χ4v) is 2.30. The molecule has 0 aromatic heterocycles. The molecule has 2 aromatic carbocycles. The highest BCUT2D eigenvalue weighted by atomic mass is 16.5. The molecule has 26 heavy (non-hydrogen) atoms. The number of aryl methyl sites for hydroxylation is 1. The Labute approximate surface area is 153 Å². The van der Waals surface area contributed by atoms with E-state index in [9.17, 15) is 14.4 Å². The third-order valence-corrected chi connectivity index (χ3v) is 3.79. The zero-order chi connectivity index (χ0) is 18.9. The van der Waals surface area contributed by atoms with Crippen molar-refractivity contribution in [3.05, 3.63) is 65.2 Å². The molecule has 0 bridgehead atoms. The summed E-state index contributed by atoms with van der Waals surface area (Å²) in [6.45, 7) is 4.26. The van der Waals surface area contributed by atoms with Gasteiger partial charge in [-0.1, -0.05) is 36.8 Å². The molecule has 2 rings (SSSR count). The topological polar surface area (TPSA) is 72.5 Å². The quantitative estimate of drug-likeness (QED) is 0.571. The van der Waals surface area contributed by atoms with Gasteiger partial charge in [0.05, 0.1) is 12.2 Å². The van der Waals surface area contributed by atoms with Crippen LogP contribution in [0.15, 0.2) is 48.5 Å². The van der Waals surface area contributed by atoms with E-state index in [4.69, 9.17) is 4.74 Å². The fraction of sp³-hybridized carbons (Fsp3) is 0.286. The minimum atomic E-state index is -0.381. The van der Waals surface area contributed by atoms with E-state index in [1.807, 2.05) is 26.0 Å². The lowest BCUT2D eigenvalue weighted by molar-refractivity contribution is -0.116.